The van der Waals surface area contributed by atoms with Crippen molar-refractivity contribution in [3.63, 3.8) is 0 Å². The first-order valence-corrected chi connectivity index (χ1v) is 7.98. The number of carbonyl (C=O) groups is 1. The summed E-state index contributed by atoms with van der Waals surface area (Å²) in [5.74, 6) is 1.13. The first-order chi connectivity index (χ1) is 11.2. The third-order valence-corrected chi connectivity index (χ3v) is 4.02. The van der Waals surface area contributed by atoms with Gasteiger partial charge in [0.05, 0.1) is 0 Å². The number of amides is 1. The lowest BCUT2D eigenvalue weighted by Gasteiger charge is -2.11. The molecule has 0 aliphatic heterocycles. The summed E-state index contributed by atoms with van der Waals surface area (Å²) in [6, 6.07) is 4.16. The van der Waals surface area contributed by atoms with Gasteiger partial charge in [-0.15, -0.1) is 0 Å². The van der Waals surface area contributed by atoms with Gasteiger partial charge in [0.1, 0.15) is 0 Å². The number of aryl methyl sites for hydroxylation is 1. The first-order valence-electron chi connectivity index (χ1n) is 7.98. The minimum atomic E-state index is 0.0658. The summed E-state index contributed by atoms with van der Waals surface area (Å²) in [7, 11) is 0. The fraction of sp³-hybridized carbons (Fsp3) is 0.500. The summed E-state index contributed by atoms with van der Waals surface area (Å²) in [4.78, 5) is 20.2. The molecule has 1 aliphatic carbocycles. The van der Waals surface area contributed by atoms with Gasteiger partial charge in [-0.1, -0.05) is 5.16 Å². The van der Waals surface area contributed by atoms with Gasteiger partial charge < -0.3 is 15.6 Å². The molecule has 2 aromatic rings. The van der Waals surface area contributed by atoms with Crippen molar-refractivity contribution < 1.29 is 9.32 Å². The Morgan fingerprint density at radius 3 is 3.09 bits per heavy atom. The molecule has 2 atom stereocenters. The second kappa shape index (κ2) is 7.32. The molecule has 0 unspecified atom stereocenters. The van der Waals surface area contributed by atoms with E-state index in [1.54, 1.807) is 12.4 Å². The molecule has 0 radical (unpaired) electrons. The molecule has 122 valence electrons. The van der Waals surface area contributed by atoms with E-state index in [0.29, 0.717) is 31.0 Å². The van der Waals surface area contributed by atoms with Gasteiger partial charge in [0.25, 0.3) is 0 Å². The summed E-state index contributed by atoms with van der Waals surface area (Å²) >= 11 is 0. The van der Waals surface area contributed by atoms with E-state index in [4.69, 9.17) is 10.3 Å². The molecular weight excluding hydrogens is 294 g/mol. The standard InChI is InChI=1S/C16H21N5O2/c17-12-6-7-13(9-12)19-14(22)4-1-5-15-20-16(21-23-15)11-3-2-8-18-10-11/h2-3,8,10,12-13H,1,4-7,9,17H2,(H,19,22)/t12-,13-/m1/s1. The minimum absolute atomic E-state index is 0.0658. The van der Waals surface area contributed by atoms with Crippen LogP contribution in [-0.2, 0) is 11.2 Å². The Hall–Kier alpha value is -2.28. The van der Waals surface area contributed by atoms with Crippen LogP contribution in [0.2, 0.25) is 0 Å². The summed E-state index contributed by atoms with van der Waals surface area (Å²) < 4.78 is 5.21. The quantitative estimate of drug-likeness (QED) is 0.835. The third-order valence-electron chi connectivity index (χ3n) is 4.02. The van der Waals surface area contributed by atoms with Crippen LogP contribution in [0.3, 0.4) is 0 Å². The molecule has 0 aromatic carbocycles. The Labute approximate surface area is 134 Å². The highest BCUT2D eigenvalue weighted by Gasteiger charge is 2.22. The average Bonchev–Trinajstić information content (AvgIpc) is 3.17. The van der Waals surface area contributed by atoms with Crippen molar-refractivity contribution in [2.24, 2.45) is 5.73 Å². The van der Waals surface area contributed by atoms with Gasteiger partial charge in [0.15, 0.2) is 0 Å². The largest absolute Gasteiger partial charge is 0.353 e. The Morgan fingerprint density at radius 2 is 2.35 bits per heavy atom. The maximum Gasteiger partial charge on any atom is 0.226 e. The second-order valence-electron chi connectivity index (χ2n) is 5.94. The highest BCUT2D eigenvalue weighted by molar-refractivity contribution is 5.76. The number of hydrogen-bond donors (Lipinski definition) is 2. The average molecular weight is 315 g/mol. The lowest BCUT2D eigenvalue weighted by Crippen LogP contribution is -2.33. The summed E-state index contributed by atoms with van der Waals surface area (Å²) in [5, 5.41) is 6.97. The lowest BCUT2D eigenvalue weighted by atomic mass is 10.2. The summed E-state index contributed by atoms with van der Waals surface area (Å²) in [6.45, 7) is 0. The number of nitrogens with zero attached hydrogens (tertiary/aromatic N) is 3. The fourth-order valence-corrected chi connectivity index (χ4v) is 2.82. The summed E-state index contributed by atoms with van der Waals surface area (Å²) in [5.41, 5.74) is 6.66. The van der Waals surface area contributed by atoms with Crippen LogP contribution in [-0.4, -0.2) is 33.1 Å². The maximum absolute atomic E-state index is 11.9. The normalized spacial score (nSPS) is 20.6. The molecule has 1 saturated carbocycles. The van der Waals surface area contributed by atoms with Gasteiger partial charge in [-0.05, 0) is 37.8 Å². The van der Waals surface area contributed by atoms with E-state index in [1.807, 2.05) is 12.1 Å². The zero-order chi connectivity index (χ0) is 16.1. The molecule has 1 amide bonds. The number of carbonyl (C=O) groups excluding carboxylic acids is 1. The second-order valence-corrected chi connectivity index (χ2v) is 5.94. The van der Waals surface area contributed by atoms with Crippen LogP contribution in [0.15, 0.2) is 29.0 Å². The predicted octanol–water partition coefficient (Wildman–Crippen LogP) is 1.45. The Morgan fingerprint density at radius 1 is 1.43 bits per heavy atom. The molecule has 0 bridgehead atoms. The molecule has 1 fully saturated rings. The number of aromatic nitrogens is 3. The van der Waals surface area contributed by atoms with E-state index >= 15 is 0 Å². The van der Waals surface area contributed by atoms with Gasteiger partial charge in [-0.3, -0.25) is 9.78 Å². The van der Waals surface area contributed by atoms with Crippen LogP contribution < -0.4 is 11.1 Å². The molecule has 0 spiro atoms. The van der Waals surface area contributed by atoms with E-state index in [0.717, 1.165) is 24.8 Å². The highest BCUT2D eigenvalue weighted by atomic mass is 16.5. The van der Waals surface area contributed by atoms with Gasteiger partial charge >= 0.3 is 0 Å². The Balaban J connectivity index is 1.42. The molecule has 1 aliphatic rings. The van der Waals surface area contributed by atoms with Crippen molar-refractivity contribution in [2.45, 2.75) is 50.6 Å². The molecule has 2 aromatic heterocycles. The topological polar surface area (TPSA) is 107 Å². The van der Waals surface area contributed by atoms with Crippen LogP contribution in [0.25, 0.3) is 11.4 Å². The molecule has 7 nitrogen and oxygen atoms in total. The van der Waals surface area contributed by atoms with Crippen LogP contribution in [0.1, 0.15) is 38.0 Å². The Kier molecular flexibility index (Phi) is 4.97. The first kappa shape index (κ1) is 15.6. The van der Waals surface area contributed by atoms with Crippen molar-refractivity contribution in [1.82, 2.24) is 20.4 Å². The highest BCUT2D eigenvalue weighted by Crippen LogP contribution is 2.17. The minimum Gasteiger partial charge on any atom is -0.353 e. The number of rotatable bonds is 6. The Bertz CT molecular complexity index is 643. The van der Waals surface area contributed by atoms with Gasteiger partial charge in [0, 0.05) is 42.9 Å². The van der Waals surface area contributed by atoms with Crippen molar-refractivity contribution in [3.05, 3.63) is 30.4 Å². The molecule has 3 rings (SSSR count). The van der Waals surface area contributed by atoms with Crippen LogP contribution >= 0.6 is 0 Å². The van der Waals surface area contributed by atoms with Crippen molar-refractivity contribution >= 4 is 5.91 Å². The summed E-state index contributed by atoms with van der Waals surface area (Å²) in [6.07, 6.45) is 7.95. The zero-order valence-corrected chi connectivity index (χ0v) is 12.9. The smallest absolute Gasteiger partial charge is 0.226 e. The van der Waals surface area contributed by atoms with Crippen LogP contribution in [0.4, 0.5) is 0 Å². The lowest BCUT2D eigenvalue weighted by molar-refractivity contribution is -0.121. The number of nitrogens with two attached hydrogens (primary N) is 1. The third kappa shape index (κ3) is 4.35. The molecule has 0 saturated heterocycles. The van der Waals surface area contributed by atoms with Crippen molar-refractivity contribution in [3.8, 4) is 11.4 Å². The van der Waals surface area contributed by atoms with E-state index in [9.17, 15) is 4.79 Å². The molecule has 23 heavy (non-hydrogen) atoms. The van der Waals surface area contributed by atoms with Crippen molar-refractivity contribution in [2.75, 3.05) is 0 Å². The van der Waals surface area contributed by atoms with Crippen LogP contribution in [0, 0.1) is 0 Å². The van der Waals surface area contributed by atoms with Gasteiger partial charge in [-0.25, -0.2) is 0 Å². The molecule has 7 heteroatoms. The van der Waals surface area contributed by atoms with E-state index in [1.165, 1.54) is 0 Å². The number of pyridine rings is 1. The van der Waals surface area contributed by atoms with E-state index in [-0.39, 0.29) is 18.0 Å². The maximum atomic E-state index is 11.9. The molecule has 2 heterocycles. The fourth-order valence-electron chi connectivity index (χ4n) is 2.82. The van der Waals surface area contributed by atoms with E-state index in [2.05, 4.69) is 20.4 Å². The molecular formula is C16H21N5O2. The van der Waals surface area contributed by atoms with E-state index < -0.39 is 0 Å². The number of hydrogen-bond acceptors (Lipinski definition) is 6. The zero-order valence-electron chi connectivity index (χ0n) is 12.9. The SMILES string of the molecule is N[C@@H]1CC[C@@H](NC(=O)CCCc2nc(-c3cccnc3)no2)C1. The number of nitrogens with one attached hydrogen (secondary N) is 1. The predicted molar refractivity (Wildman–Crippen MR) is 84.2 cm³/mol. The van der Waals surface area contributed by atoms with Crippen molar-refractivity contribution in [1.29, 1.82) is 0 Å². The molecule has 3 N–H and O–H groups in total. The van der Waals surface area contributed by atoms with Gasteiger partial charge in [-0.2, -0.15) is 4.98 Å². The van der Waals surface area contributed by atoms with Crippen LogP contribution in [0.5, 0.6) is 0 Å². The van der Waals surface area contributed by atoms with Gasteiger partial charge in [0.2, 0.25) is 17.6 Å². The monoisotopic (exact) mass is 315 g/mol.